The summed E-state index contributed by atoms with van der Waals surface area (Å²) in [5, 5.41) is 14.6. The SMILES string of the molecule is CCc1nncn1CCNC(=NC)NCc1ccccc1CS(=O)(=O)N1CCOCC1. The summed E-state index contributed by atoms with van der Waals surface area (Å²) in [5.74, 6) is 1.57. The van der Waals surface area contributed by atoms with Gasteiger partial charge in [-0.3, -0.25) is 4.99 Å². The lowest BCUT2D eigenvalue weighted by atomic mass is 10.1. The number of aromatic nitrogens is 3. The van der Waals surface area contributed by atoms with E-state index in [4.69, 9.17) is 4.74 Å². The molecule has 10 nitrogen and oxygen atoms in total. The highest BCUT2D eigenvalue weighted by molar-refractivity contribution is 7.88. The van der Waals surface area contributed by atoms with Crippen LogP contribution >= 0.6 is 0 Å². The monoisotopic (exact) mass is 449 g/mol. The van der Waals surface area contributed by atoms with E-state index in [9.17, 15) is 8.42 Å². The van der Waals surface area contributed by atoms with Gasteiger partial charge in [-0.05, 0) is 11.1 Å². The molecular weight excluding hydrogens is 418 g/mol. The Kier molecular flexibility index (Phi) is 8.38. The van der Waals surface area contributed by atoms with Crippen LogP contribution < -0.4 is 10.6 Å². The van der Waals surface area contributed by atoms with E-state index in [-0.39, 0.29) is 5.75 Å². The summed E-state index contributed by atoms with van der Waals surface area (Å²) >= 11 is 0. The van der Waals surface area contributed by atoms with Crippen molar-refractivity contribution in [3.05, 3.63) is 47.5 Å². The van der Waals surface area contributed by atoms with Crippen LogP contribution in [-0.2, 0) is 40.0 Å². The van der Waals surface area contributed by atoms with E-state index in [1.807, 2.05) is 35.8 Å². The van der Waals surface area contributed by atoms with E-state index in [0.29, 0.717) is 45.4 Å². The Morgan fingerprint density at radius 3 is 2.65 bits per heavy atom. The van der Waals surface area contributed by atoms with Gasteiger partial charge in [-0.15, -0.1) is 10.2 Å². The highest BCUT2D eigenvalue weighted by Crippen LogP contribution is 2.16. The van der Waals surface area contributed by atoms with Gasteiger partial charge in [0, 0.05) is 46.2 Å². The topological polar surface area (TPSA) is 114 Å². The van der Waals surface area contributed by atoms with Gasteiger partial charge in [0.05, 0.1) is 19.0 Å². The lowest BCUT2D eigenvalue weighted by molar-refractivity contribution is 0.0729. The van der Waals surface area contributed by atoms with Crippen molar-refractivity contribution < 1.29 is 13.2 Å². The number of aryl methyl sites for hydroxylation is 1. The average molecular weight is 450 g/mol. The van der Waals surface area contributed by atoms with E-state index in [2.05, 4.69) is 25.8 Å². The Morgan fingerprint density at radius 2 is 1.94 bits per heavy atom. The number of hydrogen-bond donors (Lipinski definition) is 2. The van der Waals surface area contributed by atoms with Crippen molar-refractivity contribution in [2.45, 2.75) is 32.2 Å². The van der Waals surface area contributed by atoms with Crippen LogP contribution in [0.1, 0.15) is 23.9 Å². The predicted octanol–water partition coefficient (Wildman–Crippen LogP) is 0.368. The van der Waals surface area contributed by atoms with Crippen molar-refractivity contribution in [3.63, 3.8) is 0 Å². The van der Waals surface area contributed by atoms with Crippen molar-refractivity contribution in [2.75, 3.05) is 39.9 Å². The highest BCUT2D eigenvalue weighted by Gasteiger charge is 2.25. The first kappa shape index (κ1) is 23.2. The first-order valence-electron chi connectivity index (χ1n) is 10.5. The molecule has 11 heteroatoms. The van der Waals surface area contributed by atoms with Gasteiger partial charge in [0.2, 0.25) is 10.0 Å². The van der Waals surface area contributed by atoms with Gasteiger partial charge in [0.25, 0.3) is 0 Å². The highest BCUT2D eigenvalue weighted by atomic mass is 32.2. The number of aliphatic imine (C=N–C) groups is 1. The number of sulfonamides is 1. The molecule has 3 rings (SSSR count). The van der Waals surface area contributed by atoms with E-state index in [1.165, 1.54) is 4.31 Å². The average Bonchev–Trinajstić information content (AvgIpc) is 3.25. The van der Waals surface area contributed by atoms with Crippen molar-refractivity contribution >= 4 is 16.0 Å². The number of rotatable bonds is 9. The summed E-state index contributed by atoms with van der Waals surface area (Å²) in [6.07, 6.45) is 2.55. The lowest BCUT2D eigenvalue weighted by Crippen LogP contribution is -2.41. The molecule has 0 bridgehead atoms. The molecule has 1 aromatic carbocycles. The van der Waals surface area contributed by atoms with E-state index in [0.717, 1.165) is 29.9 Å². The Balaban J connectivity index is 1.55. The van der Waals surface area contributed by atoms with Crippen LogP contribution in [0.15, 0.2) is 35.6 Å². The molecule has 0 radical (unpaired) electrons. The number of benzene rings is 1. The van der Waals surface area contributed by atoms with E-state index >= 15 is 0 Å². The third-order valence-corrected chi connectivity index (χ3v) is 6.97. The van der Waals surface area contributed by atoms with Gasteiger partial charge >= 0.3 is 0 Å². The van der Waals surface area contributed by atoms with Crippen LogP contribution in [0.5, 0.6) is 0 Å². The number of guanidine groups is 1. The summed E-state index contributed by atoms with van der Waals surface area (Å²) in [6, 6.07) is 7.58. The maximum absolute atomic E-state index is 12.8. The Bertz CT molecular complexity index is 969. The minimum Gasteiger partial charge on any atom is -0.379 e. The molecule has 0 atom stereocenters. The van der Waals surface area contributed by atoms with Gasteiger partial charge < -0.3 is 19.9 Å². The second-order valence-corrected chi connectivity index (χ2v) is 9.15. The molecule has 0 amide bonds. The normalized spacial score (nSPS) is 15.7. The van der Waals surface area contributed by atoms with Gasteiger partial charge in [0.1, 0.15) is 12.2 Å². The van der Waals surface area contributed by atoms with Crippen LogP contribution in [-0.4, -0.2) is 73.3 Å². The van der Waals surface area contributed by atoms with Crippen molar-refractivity contribution in [2.24, 2.45) is 4.99 Å². The molecule has 2 aromatic rings. The largest absolute Gasteiger partial charge is 0.379 e. The molecule has 31 heavy (non-hydrogen) atoms. The molecule has 1 aromatic heterocycles. The molecule has 0 spiro atoms. The number of morpholine rings is 1. The summed E-state index contributed by atoms with van der Waals surface area (Å²) in [5.41, 5.74) is 1.71. The standard InChI is InChI=1S/C20H31N7O3S/c1-3-19-25-24-16-26(19)9-8-22-20(21-2)23-14-17-6-4-5-7-18(17)15-31(28,29)27-10-12-30-13-11-27/h4-7,16H,3,8-15H2,1-2H3,(H2,21,22,23). The fourth-order valence-corrected chi connectivity index (χ4v) is 4.98. The molecule has 0 saturated carbocycles. The molecule has 0 aliphatic carbocycles. The van der Waals surface area contributed by atoms with E-state index in [1.54, 1.807) is 13.4 Å². The van der Waals surface area contributed by atoms with Gasteiger partial charge in [0.15, 0.2) is 5.96 Å². The van der Waals surface area contributed by atoms with Crippen molar-refractivity contribution in [1.29, 1.82) is 0 Å². The molecule has 1 aliphatic rings. The Morgan fingerprint density at radius 1 is 1.19 bits per heavy atom. The van der Waals surface area contributed by atoms with E-state index < -0.39 is 10.0 Å². The molecule has 1 fully saturated rings. The first-order valence-corrected chi connectivity index (χ1v) is 12.1. The number of nitrogens with one attached hydrogen (secondary N) is 2. The molecule has 1 aliphatic heterocycles. The molecule has 2 heterocycles. The summed E-state index contributed by atoms with van der Waals surface area (Å²) in [4.78, 5) is 4.26. The van der Waals surface area contributed by atoms with Crippen LogP contribution in [0.2, 0.25) is 0 Å². The molecule has 0 unspecified atom stereocenters. The molecular formula is C20H31N7O3S. The third-order valence-electron chi connectivity index (χ3n) is 5.15. The fraction of sp³-hybridized carbons (Fsp3) is 0.550. The van der Waals surface area contributed by atoms with Gasteiger partial charge in [-0.1, -0.05) is 31.2 Å². The minimum absolute atomic E-state index is 0.0235. The molecule has 170 valence electrons. The second kappa shape index (κ2) is 11.2. The van der Waals surface area contributed by atoms with Crippen LogP contribution in [0.3, 0.4) is 0 Å². The van der Waals surface area contributed by atoms with Gasteiger partial charge in [-0.25, -0.2) is 8.42 Å². The number of hydrogen-bond acceptors (Lipinski definition) is 6. The smallest absolute Gasteiger partial charge is 0.218 e. The van der Waals surface area contributed by atoms with Gasteiger partial charge in [-0.2, -0.15) is 4.31 Å². The summed E-state index contributed by atoms with van der Waals surface area (Å²) in [7, 11) is -1.68. The predicted molar refractivity (Wildman–Crippen MR) is 119 cm³/mol. The molecule has 2 N–H and O–H groups in total. The first-order chi connectivity index (χ1) is 15.0. The molecule has 1 saturated heterocycles. The van der Waals surface area contributed by atoms with Crippen molar-refractivity contribution in [1.82, 2.24) is 29.7 Å². The van der Waals surface area contributed by atoms with Crippen LogP contribution in [0.25, 0.3) is 0 Å². The zero-order valence-electron chi connectivity index (χ0n) is 18.1. The maximum atomic E-state index is 12.8. The van der Waals surface area contributed by atoms with Crippen LogP contribution in [0.4, 0.5) is 0 Å². The Labute approximate surface area is 183 Å². The second-order valence-electron chi connectivity index (χ2n) is 7.18. The zero-order chi connectivity index (χ0) is 22.1. The van der Waals surface area contributed by atoms with Crippen LogP contribution in [0, 0.1) is 0 Å². The fourth-order valence-electron chi connectivity index (χ4n) is 3.42. The Hall–Kier alpha value is -2.50. The maximum Gasteiger partial charge on any atom is 0.218 e. The summed E-state index contributed by atoms with van der Waals surface area (Å²) in [6.45, 7) is 5.62. The summed E-state index contributed by atoms with van der Waals surface area (Å²) < 4.78 is 34.4. The number of nitrogens with zero attached hydrogens (tertiary/aromatic N) is 5. The number of ether oxygens (including phenoxy) is 1. The zero-order valence-corrected chi connectivity index (χ0v) is 18.9. The quantitative estimate of drug-likeness (QED) is 0.420. The lowest BCUT2D eigenvalue weighted by Gasteiger charge is -2.26. The minimum atomic E-state index is -3.38. The van der Waals surface area contributed by atoms with Crippen molar-refractivity contribution in [3.8, 4) is 0 Å². The third kappa shape index (κ3) is 6.49.